The zero-order valence-corrected chi connectivity index (χ0v) is 9.51. The summed E-state index contributed by atoms with van der Waals surface area (Å²) < 4.78 is 0. The summed E-state index contributed by atoms with van der Waals surface area (Å²) in [5, 5.41) is 22.8. The van der Waals surface area contributed by atoms with Gasteiger partial charge in [0.2, 0.25) is 0 Å². The molecule has 1 atom stereocenters. The Morgan fingerprint density at radius 1 is 1.59 bits per heavy atom. The minimum Gasteiger partial charge on any atom is -0.377 e. The molecule has 1 aliphatic carbocycles. The van der Waals surface area contributed by atoms with Crippen molar-refractivity contribution in [1.29, 1.82) is 5.26 Å². The van der Waals surface area contributed by atoms with E-state index in [2.05, 4.69) is 5.32 Å². The van der Waals surface area contributed by atoms with Gasteiger partial charge in [0, 0.05) is 12.1 Å². The molecule has 0 aliphatic heterocycles. The summed E-state index contributed by atoms with van der Waals surface area (Å²) in [6.07, 6.45) is 2.36. The highest BCUT2D eigenvalue weighted by molar-refractivity contribution is 5.64. The average Bonchev–Trinajstić information content (AvgIpc) is 3.13. The smallest absolute Gasteiger partial charge is 0.293 e. The quantitative estimate of drug-likeness (QED) is 0.638. The third kappa shape index (κ3) is 2.53. The van der Waals surface area contributed by atoms with Crippen molar-refractivity contribution < 1.29 is 4.92 Å². The van der Waals surface area contributed by atoms with E-state index in [1.54, 1.807) is 12.1 Å². The summed E-state index contributed by atoms with van der Waals surface area (Å²) in [7, 11) is 0. The largest absolute Gasteiger partial charge is 0.377 e. The van der Waals surface area contributed by atoms with Crippen molar-refractivity contribution in [2.75, 3.05) is 5.32 Å². The van der Waals surface area contributed by atoms with Crippen LogP contribution in [0.25, 0.3) is 0 Å². The number of nitrogens with one attached hydrogen (secondary N) is 1. The molecule has 5 nitrogen and oxygen atoms in total. The predicted octanol–water partition coefficient (Wildman–Crippen LogP) is 2.68. The van der Waals surface area contributed by atoms with E-state index in [1.165, 1.54) is 18.9 Å². The second kappa shape index (κ2) is 4.42. The molecule has 0 aromatic heterocycles. The van der Waals surface area contributed by atoms with Crippen LogP contribution in [0.15, 0.2) is 18.2 Å². The van der Waals surface area contributed by atoms with E-state index < -0.39 is 4.92 Å². The molecule has 88 valence electrons. The van der Waals surface area contributed by atoms with Gasteiger partial charge in [0.15, 0.2) is 0 Å². The summed E-state index contributed by atoms with van der Waals surface area (Å²) in [6.45, 7) is 2.03. The van der Waals surface area contributed by atoms with Crippen molar-refractivity contribution in [3.05, 3.63) is 33.9 Å². The van der Waals surface area contributed by atoms with Gasteiger partial charge in [-0.15, -0.1) is 0 Å². The van der Waals surface area contributed by atoms with Gasteiger partial charge in [-0.1, -0.05) is 0 Å². The number of hydrogen-bond donors (Lipinski definition) is 1. The lowest BCUT2D eigenvalue weighted by atomic mass is 10.1. The lowest BCUT2D eigenvalue weighted by Gasteiger charge is -2.14. The Bertz CT molecular complexity index is 489. The molecule has 1 aromatic carbocycles. The molecule has 0 spiro atoms. The topological polar surface area (TPSA) is 79.0 Å². The van der Waals surface area contributed by atoms with Crippen LogP contribution in [0.2, 0.25) is 0 Å². The Morgan fingerprint density at radius 3 is 2.82 bits per heavy atom. The maximum absolute atomic E-state index is 10.9. The third-order valence-corrected chi connectivity index (χ3v) is 3.04. The number of anilines is 1. The number of hydrogen-bond acceptors (Lipinski definition) is 4. The van der Waals surface area contributed by atoms with Crippen LogP contribution < -0.4 is 5.32 Å². The Morgan fingerprint density at radius 2 is 2.29 bits per heavy atom. The highest BCUT2D eigenvalue weighted by Crippen LogP contribution is 2.35. The summed E-state index contributed by atoms with van der Waals surface area (Å²) in [4.78, 5) is 10.5. The first kappa shape index (κ1) is 11.4. The first-order valence-electron chi connectivity index (χ1n) is 5.57. The molecule has 2 rings (SSSR count). The molecule has 0 saturated heterocycles. The summed E-state index contributed by atoms with van der Waals surface area (Å²) in [5.41, 5.74) is 0.770. The molecule has 5 heteroatoms. The number of nitro benzene ring substituents is 1. The average molecular weight is 231 g/mol. The molecule has 1 N–H and O–H groups in total. The molecule has 1 aliphatic rings. The van der Waals surface area contributed by atoms with Gasteiger partial charge in [0.25, 0.3) is 5.69 Å². The molecule has 1 fully saturated rings. The summed E-state index contributed by atoms with van der Waals surface area (Å²) in [5.74, 6) is 0.616. The Hall–Kier alpha value is -2.09. The van der Waals surface area contributed by atoms with E-state index in [4.69, 9.17) is 5.26 Å². The second-order valence-corrected chi connectivity index (χ2v) is 4.37. The molecule has 0 amide bonds. The zero-order valence-electron chi connectivity index (χ0n) is 9.51. The van der Waals surface area contributed by atoms with Gasteiger partial charge in [-0.25, -0.2) is 0 Å². The van der Waals surface area contributed by atoms with E-state index in [-0.39, 0.29) is 11.7 Å². The molecule has 0 heterocycles. The van der Waals surface area contributed by atoms with Gasteiger partial charge < -0.3 is 5.32 Å². The fraction of sp³-hybridized carbons (Fsp3) is 0.417. The van der Waals surface area contributed by atoms with Crippen LogP contribution in [-0.2, 0) is 0 Å². The minimum atomic E-state index is -0.456. The first-order chi connectivity index (χ1) is 8.11. The lowest BCUT2D eigenvalue weighted by molar-refractivity contribution is -0.384. The number of nitriles is 1. The number of rotatable bonds is 4. The number of nitrogens with zero attached hydrogens (tertiary/aromatic N) is 2. The standard InChI is InChI=1S/C12H13N3O2/c1-8(10-3-4-10)14-11-5-2-9(7-13)6-12(11)15(16)17/h2,5-6,8,10,14H,3-4H2,1H3. The highest BCUT2D eigenvalue weighted by atomic mass is 16.6. The molecule has 0 bridgehead atoms. The van der Waals surface area contributed by atoms with Crippen molar-refractivity contribution in [2.45, 2.75) is 25.8 Å². The van der Waals surface area contributed by atoms with Crippen LogP contribution in [0.1, 0.15) is 25.3 Å². The van der Waals surface area contributed by atoms with Crippen molar-refractivity contribution >= 4 is 11.4 Å². The highest BCUT2D eigenvalue weighted by Gasteiger charge is 2.29. The van der Waals surface area contributed by atoms with Gasteiger partial charge in [0.05, 0.1) is 16.6 Å². The summed E-state index contributed by atoms with van der Waals surface area (Å²) in [6, 6.07) is 6.65. The van der Waals surface area contributed by atoms with Gasteiger partial charge in [-0.05, 0) is 37.8 Å². The van der Waals surface area contributed by atoms with Gasteiger partial charge in [-0.3, -0.25) is 10.1 Å². The van der Waals surface area contributed by atoms with Crippen LogP contribution in [0.5, 0.6) is 0 Å². The van der Waals surface area contributed by atoms with E-state index >= 15 is 0 Å². The molecule has 1 saturated carbocycles. The predicted molar refractivity (Wildman–Crippen MR) is 63.6 cm³/mol. The van der Waals surface area contributed by atoms with Crippen LogP contribution >= 0.6 is 0 Å². The molecule has 17 heavy (non-hydrogen) atoms. The molecule has 1 unspecified atom stereocenters. The summed E-state index contributed by atoms with van der Waals surface area (Å²) >= 11 is 0. The van der Waals surface area contributed by atoms with Crippen LogP contribution in [0.4, 0.5) is 11.4 Å². The first-order valence-corrected chi connectivity index (χ1v) is 5.57. The van der Waals surface area contributed by atoms with Gasteiger partial charge in [0.1, 0.15) is 5.69 Å². The molecule has 1 aromatic rings. The Kier molecular flexibility index (Phi) is 2.96. The SMILES string of the molecule is CC(Nc1ccc(C#N)cc1[N+](=O)[O-])C1CC1. The second-order valence-electron chi connectivity index (χ2n) is 4.37. The van der Waals surface area contributed by atoms with Crippen molar-refractivity contribution in [3.63, 3.8) is 0 Å². The Balaban J connectivity index is 2.25. The van der Waals surface area contributed by atoms with E-state index in [0.29, 0.717) is 17.2 Å². The van der Waals surface area contributed by atoms with Crippen molar-refractivity contribution in [2.24, 2.45) is 5.92 Å². The zero-order chi connectivity index (χ0) is 12.4. The van der Waals surface area contributed by atoms with E-state index in [0.717, 1.165) is 0 Å². The Labute approximate surface area is 99.2 Å². The fourth-order valence-electron chi connectivity index (χ4n) is 1.83. The van der Waals surface area contributed by atoms with Crippen LogP contribution in [0.3, 0.4) is 0 Å². The maximum Gasteiger partial charge on any atom is 0.293 e. The van der Waals surface area contributed by atoms with E-state index in [9.17, 15) is 10.1 Å². The fourth-order valence-corrected chi connectivity index (χ4v) is 1.83. The molecule has 0 radical (unpaired) electrons. The van der Waals surface area contributed by atoms with Crippen LogP contribution in [0, 0.1) is 27.4 Å². The molecular formula is C12H13N3O2. The van der Waals surface area contributed by atoms with E-state index in [1.807, 2.05) is 13.0 Å². The lowest BCUT2D eigenvalue weighted by Crippen LogP contribution is -2.18. The molecular weight excluding hydrogens is 218 g/mol. The van der Waals surface area contributed by atoms with Gasteiger partial charge >= 0.3 is 0 Å². The normalized spacial score (nSPS) is 16.0. The third-order valence-electron chi connectivity index (χ3n) is 3.04. The van der Waals surface area contributed by atoms with Crippen LogP contribution in [-0.4, -0.2) is 11.0 Å². The monoisotopic (exact) mass is 231 g/mol. The van der Waals surface area contributed by atoms with Crippen molar-refractivity contribution in [1.82, 2.24) is 0 Å². The number of benzene rings is 1. The number of nitro groups is 1. The maximum atomic E-state index is 10.9. The minimum absolute atomic E-state index is 0.0310. The van der Waals surface area contributed by atoms with Gasteiger partial charge in [-0.2, -0.15) is 5.26 Å². The van der Waals surface area contributed by atoms with Crippen molar-refractivity contribution in [3.8, 4) is 6.07 Å².